The Morgan fingerprint density at radius 3 is 2.36 bits per heavy atom. The van der Waals surface area contributed by atoms with Crippen LogP contribution in [0.5, 0.6) is 5.75 Å². The number of aromatic hydroxyl groups is 1. The molecule has 28 heavy (non-hydrogen) atoms. The van der Waals surface area contributed by atoms with Gasteiger partial charge in [-0.1, -0.05) is 56.3 Å². The molecule has 1 aromatic heterocycles. The van der Waals surface area contributed by atoms with E-state index in [1.165, 1.54) is 5.56 Å². The lowest BCUT2D eigenvalue weighted by atomic mass is 9.99. The monoisotopic (exact) mass is 376 g/mol. The molecule has 3 rings (SSSR count). The molecule has 4 nitrogen and oxygen atoms in total. The second kappa shape index (κ2) is 8.87. The van der Waals surface area contributed by atoms with Gasteiger partial charge in [-0.25, -0.2) is 4.98 Å². The average Bonchev–Trinajstić information content (AvgIpc) is 2.68. The Hall–Kier alpha value is -2.88. The van der Waals surface area contributed by atoms with Crippen LogP contribution in [-0.2, 0) is 19.4 Å². The van der Waals surface area contributed by atoms with E-state index in [2.05, 4.69) is 26.0 Å². The largest absolute Gasteiger partial charge is 0.507 e. The van der Waals surface area contributed by atoms with E-state index in [0.717, 1.165) is 12.8 Å². The highest BCUT2D eigenvalue weighted by atomic mass is 16.3. The molecule has 0 unspecified atom stereocenters. The van der Waals surface area contributed by atoms with Crippen molar-refractivity contribution >= 4 is 0 Å². The molecule has 0 aliphatic rings. The Kier molecular flexibility index (Phi) is 6.30. The fourth-order valence-corrected chi connectivity index (χ4v) is 3.39. The van der Waals surface area contributed by atoms with Crippen LogP contribution in [0.1, 0.15) is 37.2 Å². The zero-order chi connectivity index (χ0) is 20.1. The number of aryl methyl sites for hydroxylation is 2. The maximum Gasteiger partial charge on any atom is 0.257 e. The first kappa shape index (κ1) is 19.9. The van der Waals surface area contributed by atoms with Gasteiger partial charge in [0.2, 0.25) is 0 Å². The van der Waals surface area contributed by atoms with Gasteiger partial charge in [0.25, 0.3) is 5.56 Å². The Balaban J connectivity index is 2.07. The van der Waals surface area contributed by atoms with E-state index in [9.17, 15) is 9.90 Å². The van der Waals surface area contributed by atoms with Crippen molar-refractivity contribution in [3.05, 3.63) is 81.9 Å². The van der Waals surface area contributed by atoms with E-state index in [0.29, 0.717) is 41.5 Å². The Morgan fingerprint density at radius 1 is 1.00 bits per heavy atom. The summed E-state index contributed by atoms with van der Waals surface area (Å²) < 4.78 is 1.78. The van der Waals surface area contributed by atoms with Gasteiger partial charge in [-0.05, 0) is 49.8 Å². The van der Waals surface area contributed by atoms with Crippen molar-refractivity contribution in [1.82, 2.24) is 9.55 Å². The molecule has 0 saturated heterocycles. The molecular formula is C24H28N2O2. The van der Waals surface area contributed by atoms with Crippen LogP contribution in [0, 0.1) is 12.8 Å². The fraction of sp³-hybridized carbons (Fsp3) is 0.333. The third kappa shape index (κ3) is 4.50. The molecule has 0 atom stereocenters. The first-order valence-electron chi connectivity index (χ1n) is 9.90. The van der Waals surface area contributed by atoms with Gasteiger partial charge in [0.1, 0.15) is 11.6 Å². The van der Waals surface area contributed by atoms with Crippen molar-refractivity contribution in [3.63, 3.8) is 0 Å². The molecule has 0 amide bonds. The molecule has 3 aromatic rings. The van der Waals surface area contributed by atoms with Crippen LogP contribution in [0.4, 0.5) is 0 Å². The van der Waals surface area contributed by atoms with Crippen LogP contribution < -0.4 is 5.56 Å². The number of phenols is 1. The topological polar surface area (TPSA) is 55.1 Å². The number of rotatable bonds is 7. The van der Waals surface area contributed by atoms with Crippen molar-refractivity contribution in [2.45, 2.75) is 46.6 Å². The highest BCUT2D eigenvalue weighted by Gasteiger charge is 2.18. The van der Waals surface area contributed by atoms with E-state index in [4.69, 9.17) is 4.98 Å². The lowest BCUT2D eigenvalue weighted by Crippen LogP contribution is -2.29. The average molecular weight is 377 g/mol. The lowest BCUT2D eigenvalue weighted by molar-refractivity contribution is 0.476. The molecular weight excluding hydrogens is 348 g/mol. The quantitative estimate of drug-likeness (QED) is 0.647. The SMILES string of the molecule is Cc1nc(-c2ccccc2O)c(CCc2ccccc2)c(=O)n1CCC(C)C. The summed E-state index contributed by atoms with van der Waals surface area (Å²) >= 11 is 0. The van der Waals surface area contributed by atoms with Crippen LogP contribution in [-0.4, -0.2) is 14.7 Å². The normalized spacial score (nSPS) is 11.1. The highest BCUT2D eigenvalue weighted by molar-refractivity contribution is 5.69. The number of nitrogens with zero attached hydrogens (tertiary/aromatic N) is 2. The summed E-state index contributed by atoms with van der Waals surface area (Å²) in [5.74, 6) is 1.35. The number of para-hydroxylation sites is 1. The van der Waals surface area contributed by atoms with Crippen molar-refractivity contribution in [2.75, 3.05) is 0 Å². The summed E-state index contributed by atoms with van der Waals surface area (Å²) in [4.78, 5) is 18.1. The second-order valence-electron chi connectivity index (χ2n) is 7.63. The van der Waals surface area contributed by atoms with Gasteiger partial charge >= 0.3 is 0 Å². The number of benzene rings is 2. The minimum absolute atomic E-state index is 0.00216. The van der Waals surface area contributed by atoms with Crippen LogP contribution in [0.3, 0.4) is 0 Å². The number of aromatic nitrogens is 2. The third-order valence-corrected chi connectivity index (χ3v) is 5.05. The van der Waals surface area contributed by atoms with Crippen molar-refractivity contribution in [2.24, 2.45) is 5.92 Å². The van der Waals surface area contributed by atoms with E-state index in [1.54, 1.807) is 16.7 Å². The number of phenolic OH excluding ortho intramolecular Hbond substituents is 1. The molecule has 0 spiro atoms. The summed E-state index contributed by atoms with van der Waals surface area (Å²) in [5.41, 5.74) is 3.06. The molecule has 0 radical (unpaired) electrons. The fourth-order valence-electron chi connectivity index (χ4n) is 3.39. The van der Waals surface area contributed by atoms with E-state index in [-0.39, 0.29) is 11.3 Å². The molecule has 0 fully saturated rings. The van der Waals surface area contributed by atoms with Gasteiger partial charge in [0, 0.05) is 17.7 Å². The van der Waals surface area contributed by atoms with Crippen LogP contribution in [0.15, 0.2) is 59.4 Å². The summed E-state index contributed by atoms with van der Waals surface area (Å²) in [6, 6.07) is 17.2. The van der Waals surface area contributed by atoms with Crippen LogP contribution >= 0.6 is 0 Å². The molecule has 2 aromatic carbocycles. The minimum Gasteiger partial charge on any atom is -0.507 e. The molecule has 1 heterocycles. The maximum atomic E-state index is 13.4. The van der Waals surface area contributed by atoms with Gasteiger partial charge in [-0.2, -0.15) is 0 Å². The molecule has 0 saturated carbocycles. The zero-order valence-electron chi connectivity index (χ0n) is 16.9. The predicted octanol–water partition coefficient (Wildman–Crippen LogP) is 4.76. The standard InChI is InChI=1S/C24H28N2O2/c1-17(2)15-16-26-18(3)25-23(20-11-7-8-12-22(20)27)21(24(26)28)14-13-19-9-5-4-6-10-19/h4-12,17,27H,13-16H2,1-3H3. The Labute approximate surface area is 166 Å². The molecule has 4 heteroatoms. The Bertz CT molecular complexity index is 991. The molecule has 146 valence electrons. The lowest BCUT2D eigenvalue weighted by Gasteiger charge is -2.17. The second-order valence-corrected chi connectivity index (χ2v) is 7.63. The first-order chi connectivity index (χ1) is 13.5. The van der Waals surface area contributed by atoms with E-state index < -0.39 is 0 Å². The Morgan fingerprint density at radius 2 is 1.68 bits per heavy atom. The summed E-state index contributed by atoms with van der Waals surface area (Å²) in [6.07, 6.45) is 2.27. The van der Waals surface area contributed by atoms with E-state index >= 15 is 0 Å². The first-order valence-corrected chi connectivity index (χ1v) is 9.90. The van der Waals surface area contributed by atoms with Crippen LogP contribution in [0.2, 0.25) is 0 Å². The van der Waals surface area contributed by atoms with Gasteiger partial charge < -0.3 is 5.11 Å². The molecule has 1 N–H and O–H groups in total. The van der Waals surface area contributed by atoms with Crippen LogP contribution in [0.25, 0.3) is 11.3 Å². The van der Waals surface area contributed by atoms with Gasteiger partial charge in [0.15, 0.2) is 0 Å². The molecule has 0 aliphatic heterocycles. The van der Waals surface area contributed by atoms with Crippen molar-refractivity contribution < 1.29 is 5.11 Å². The van der Waals surface area contributed by atoms with Crippen molar-refractivity contribution in [1.29, 1.82) is 0 Å². The van der Waals surface area contributed by atoms with Gasteiger partial charge in [-0.3, -0.25) is 9.36 Å². The smallest absolute Gasteiger partial charge is 0.257 e. The van der Waals surface area contributed by atoms with Crippen molar-refractivity contribution in [3.8, 4) is 17.0 Å². The number of hydrogen-bond donors (Lipinski definition) is 1. The van der Waals surface area contributed by atoms with Gasteiger partial charge in [-0.15, -0.1) is 0 Å². The third-order valence-electron chi connectivity index (χ3n) is 5.05. The maximum absolute atomic E-state index is 13.4. The summed E-state index contributed by atoms with van der Waals surface area (Å²) in [7, 11) is 0. The summed E-state index contributed by atoms with van der Waals surface area (Å²) in [6.45, 7) is 6.84. The number of hydrogen-bond acceptors (Lipinski definition) is 3. The summed E-state index contributed by atoms with van der Waals surface area (Å²) in [5, 5.41) is 10.4. The zero-order valence-corrected chi connectivity index (χ0v) is 16.9. The minimum atomic E-state index is 0.00216. The molecule has 0 aliphatic carbocycles. The molecule has 0 bridgehead atoms. The van der Waals surface area contributed by atoms with E-state index in [1.807, 2.05) is 37.3 Å². The highest BCUT2D eigenvalue weighted by Crippen LogP contribution is 2.29. The predicted molar refractivity (Wildman–Crippen MR) is 114 cm³/mol. The van der Waals surface area contributed by atoms with Gasteiger partial charge in [0.05, 0.1) is 5.69 Å².